The van der Waals surface area contributed by atoms with Crippen molar-refractivity contribution in [1.29, 1.82) is 0 Å². The van der Waals surface area contributed by atoms with Crippen molar-refractivity contribution in [3.05, 3.63) is 24.5 Å². The van der Waals surface area contributed by atoms with Crippen molar-refractivity contribution in [2.45, 2.75) is 45.2 Å². The van der Waals surface area contributed by atoms with Gasteiger partial charge in [-0.3, -0.25) is 0 Å². The van der Waals surface area contributed by atoms with Crippen LogP contribution in [0.3, 0.4) is 0 Å². The molecule has 1 N–H and O–H groups in total. The van der Waals surface area contributed by atoms with Crippen molar-refractivity contribution < 1.29 is 0 Å². The lowest BCUT2D eigenvalue weighted by Crippen LogP contribution is -2.32. The zero-order valence-electron chi connectivity index (χ0n) is 10.0. The number of nitrogens with zero attached hydrogens (tertiary/aromatic N) is 2. The second kappa shape index (κ2) is 5.30. The van der Waals surface area contributed by atoms with Crippen LogP contribution in [0.4, 0.5) is 0 Å². The molecule has 1 aromatic rings. The van der Waals surface area contributed by atoms with Crippen LogP contribution in [0.1, 0.15) is 38.2 Å². The van der Waals surface area contributed by atoms with Gasteiger partial charge in [-0.05, 0) is 31.6 Å². The lowest BCUT2D eigenvalue weighted by Gasteiger charge is -2.26. The monoisotopic (exact) mass is 219 g/mol. The molecule has 0 bridgehead atoms. The fraction of sp³-hybridized carbons (Fsp3) is 0.615. The van der Waals surface area contributed by atoms with Gasteiger partial charge in [0.1, 0.15) is 0 Å². The largest absolute Gasteiger partial charge is 0.310 e. The summed E-state index contributed by atoms with van der Waals surface area (Å²) in [5.74, 6) is 0.918. The third kappa shape index (κ3) is 2.95. The Kier molecular flexibility index (Phi) is 3.78. The summed E-state index contributed by atoms with van der Waals surface area (Å²) in [5.41, 5.74) is 1.23. The Balaban J connectivity index is 1.76. The van der Waals surface area contributed by atoms with Crippen molar-refractivity contribution in [3.8, 4) is 0 Å². The van der Waals surface area contributed by atoms with Crippen LogP contribution in [0.2, 0.25) is 0 Å². The van der Waals surface area contributed by atoms with Crippen LogP contribution < -0.4 is 5.32 Å². The van der Waals surface area contributed by atoms with Gasteiger partial charge in [0.2, 0.25) is 0 Å². The molecule has 1 aliphatic rings. The predicted octanol–water partition coefficient (Wildman–Crippen LogP) is 2.65. The summed E-state index contributed by atoms with van der Waals surface area (Å²) in [6, 6.07) is 0.697. The highest BCUT2D eigenvalue weighted by Crippen LogP contribution is 2.23. The number of aromatic nitrogens is 2. The Hall–Kier alpha value is -1.09. The smallest absolute Gasteiger partial charge is 0.0538 e. The molecular formula is C13H21N3. The molecule has 1 aliphatic carbocycles. The van der Waals surface area contributed by atoms with Gasteiger partial charge in [0.25, 0.3) is 0 Å². The Morgan fingerprint density at radius 2 is 2.25 bits per heavy atom. The minimum Gasteiger partial charge on any atom is -0.310 e. The van der Waals surface area contributed by atoms with Gasteiger partial charge >= 0.3 is 0 Å². The lowest BCUT2D eigenvalue weighted by atomic mass is 9.87. The maximum atomic E-state index is 4.17. The molecule has 0 spiro atoms. The molecule has 0 radical (unpaired) electrons. The van der Waals surface area contributed by atoms with Gasteiger partial charge in [-0.15, -0.1) is 0 Å². The Morgan fingerprint density at radius 1 is 1.50 bits per heavy atom. The normalized spacial score (nSPS) is 25.6. The summed E-state index contributed by atoms with van der Waals surface area (Å²) in [7, 11) is 0. The zero-order chi connectivity index (χ0) is 11.4. The summed E-state index contributed by atoms with van der Waals surface area (Å²) in [6.07, 6.45) is 11.0. The van der Waals surface area contributed by atoms with Crippen molar-refractivity contribution in [3.63, 3.8) is 0 Å². The topological polar surface area (TPSA) is 29.9 Å². The van der Waals surface area contributed by atoms with Gasteiger partial charge in [-0.2, -0.15) is 5.10 Å². The van der Waals surface area contributed by atoms with Crippen LogP contribution in [0.15, 0.2) is 19.0 Å². The lowest BCUT2D eigenvalue weighted by molar-refractivity contribution is 0.306. The molecule has 1 saturated carbocycles. The van der Waals surface area contributed by atoms with Crippen LogP contribution in [0.5, 0.6) is 0 Å². The fourth-order valence-electron chi connectivity index (χ4n) is 2.29. The standard InChI is InChI=1S/C13H21N3/c1-3-16-10-12(9-15-16)8-14-13-6-4-11(2)5-7-13/h3,9-11,13-14H,1,4-8H2,2H3. The minimum atomic E-state index is 0.697. The first-order valence-corrected chi connectivity index (χ1v) is 6.17. The van der Waals surface area contributed by atoms with Crippen molar-refractivity contribution in [1.82, 2.24) is 15.1 Å². The molecule has 1 heterocycles. The molecule has 3 heteroatoms. The van der Waals surface area contributed by atoms with E-state index >= 15 is 0 Å². The van der Waals surface area contributed by atoms with E-state index in [0.29, 0.717) is 6.04 Å². The molecule has 0 aliphatic heterocycles. The van der Waals surface area contributed by atoms with Crippen LogP contribution in [-0.2, 0) is 6.54 Å². The molecule has 0 amide bonds. The number of hydrogen-bond donors (Lipinski definition) is 1. The minimum absolute atomic E-state index is 0.697. The molecule has 1 aromatic heterocycles. The van der Waals surface area contributed by atoms with Gasteiger partial charge in [-0.25, -0.2) is 4.68 Å². The Labute approximate surface area is 97.5 Å². The van der Waals surface area contributed by atoms with Gasteiger partial charge in [0, 0.05) is 30.5 Å². The number of hydrogen-bond acceptors (Lipinski definition) is 2. The maximum absolute atomic E-state index is 4.17. The highest BCUT2D eigenvalue weighted by atomic mass is 15.2. The molecule has 3 nitrogen and oxygen atoms in total. The highest BCUT2D eigenvalue weighted by Gasteiger charge is 2.17. The first kappa shape index (κ1) is 11.4. The van der Waals surface area contributed by atoms with E-state index in [2.05, 4.69) is 23.9 Å². The second-order valence-electron chi connectivity index (χ2n) is 4.85. The predicted molar refractivity (Wildman–Crippen MR) is 66.9 cm³/mol. The summed E-state index contributed by atoms with van der Waals surface area (Å²) in [6.45, 7) is 6.96. The van der Waals surface area contributed by atoms with E-state index in [0.717, 1.165) is 12.5 Å². The van der Waals surface area contributed by atoms with Crippen LogP contribution >= 0.6 is 0 Å². The van der Waals surface area contributed by atoms with Crippen LogP contribution in [-0.4, -0.2) is 15.8 Å². The van der Waals surface area contributed by atoms with Gasteiger partial charge in [0.05, 0.1) is 6.20 Å². The average Bonchev–Trinajstić information content (AvgIpc) is 2.76. The summed E-state index contributed by atoms with van der Waals surface area (Å²) in [4.78, 5) is 0. The van der Waals surface area contributed by atoms with E-state index < -0.39 is 0 Å². The van der Waals surface area contributed by atoms with Crippen molar-refractivity contribution in [2.75, 3.05) is 0 Å². The van der Waals surface area contributed by atoms with E-state index in [-0.39, 0.29) is 0 Å². The second-order valence-corrected chi connectivity index (χ2v) is 4.85. The first-order valence-electron chi connectivity index (χ1n) is 6.17. The fourth-order valence-corrected chi connectivity index (χ4v) is 2.29. The zero-order valence-corrected chi connectivity index (χ0v) is 10.0. The van der Waals surface area contributed by atoms with Crippen molar-refractivity contribution >= 4 is 6.20 Å². The molecule has 2 rings (SSSR count). The molecular weight excluding hydrogens is 198 g/mol. The van der Waals surface area contributed by atoms with Gasteiger partial charge < -0.3 is 5.32 Å². The number of nitrogens with one attached hydrogen (secondary N) is 1. The van der Waals surface area contributed by atoms with E-state index in [1.54, 1.807) is 10.9 Å². The molecule has 0 saturated heterocycles. The van der Waals surface area contributed by atoms with Gasteiger partial charge in [-0.1, -0.05) is 13.5 Å². The van der Waals surface area contributed by atoms with E-state index in [1.165, 1.54) is 31.2 Å². The average molecular weight is 219 g/mol. The van der Waals surface area contributed by atoms with Crippen molar-refractivity contribution in [2.24, 2.45) is 5.92 Å². The van der Waals surface area contributed by atoms with E-state index in [1.807, 2.05) is 12.4 Å². The third-order valence-corrected chi connectivity index (χ3v) is 3.45. The molecule has 88 valence electrons. The molecule has 0 unspecified atom stereocenters. The molecule has 0 aromatic carbocycles. The van der Waals surface area contributed by atoms with Crippen LogP contribution in [0, 0.1) is 5.92 Å². The van der Waals surface area contributed by atoms with E-state index in [9.17, 15) is 0 Å². The van der Waals surface area contributed by atoms with Crippen LogP contribution in [0.25, 0.3) is 6.20 Å². The van der Waals surface area contributed by atoms with Gasteiger partial charge in [0.15, 0.2) is 0 Å². The summed E-state index contributed by atoms with van der Waals surface area (Å²) < 4.78 is 1.75. The summed E-state index contributed by atoms with van der Waals surface area (Å²) in [5, 5.41) is 7.78. The SMILES string of the molecule is C=Cn1cc(CNC2CCC(C)CC2)cn1. The molecule has 0 atom stereocenters. The first-order chi connectivity index (χ1) is 7.78. The van der Waals surface area contributed by atoms with E-state index in [4.69, 9.17) is 0 Å². The molecule has 16 heavy (non-hydrogen) atoms. The number of rotatable bonds is 4. The molecule has 1 fully saturated rings. The third-order valence-electron chi connectivity index (χ3n) is 3.45. The Bertz CT molecular complexity index is 335. The quantitative estimate of drug-likeness (QED) is 0.843. The maximum Gasteiger partial charge on any atom is 0.0538 e. The summed E-state index contributed by atoms with van der Waals surface area (Å²) >= 11 is 0. The highest BCUT2D eigenvalue weighted by molar-refractivity contribution is 5.17. The Morgan fingerprint density at radius 3 is 2.88 bits per heavy atom.